The van der Waals surface area contributed by atoms with Crippen molar-refractivity contribution in [3.63, 3.8) is 0 Å². The summed E-state index contributed by atoms with van der Waals surface area (Å²) < 4.78 is 1.94. The van der Waals surface area contributed by atoms with Crippen LogP contribution in [-0.4, -0.2) is 21.6 Å². The van der Waals surface area contributed by atoms with E-state index in [1.54, 1.807) is 0 Å². The van der Waals surface area contributed by atoms with Gasteiger partial charge in [0.15, 0.2) is 0 Å². The molecule has 2 aliphatic rings. The first-order valence-electron chi connectivity index (χ1n) is 6.87. The number of aryl methyl sites for hydroxylation is 1. The molecule has 1 amide bonds. The topological polar surface area (TPSA) is 71.3 Å². The number of rotatable bonds is 4. The van der Waals surface area contributed by atoms with E-state index >= 15 is 0 Å². The third kappa shape index (κ3) is 2.03. The van der Waals surface area contributed by atoms with Gasteiger partial charge in [0.1, 0.15) is 0 Å². The summed E-state index contributed by atoms with van der Waals surface area (Å²) in [5.41, 5.74) is 1.00. The zero-order valence-corrected chi connectivity index (χ0v) is 11.3. The number of fused-ring (bicyclic) bond motifs is 2. The fourth-order valence-corrected chi connectivity index (χ4v) is 3.49. The number of hydrogen-bond acceptors (Lipinski definition) is 2. The number of amides is 1. The van der Waals surface area contributed by atoms with Crippen molar-refractivity contribution >= 4 is 11.9 Å². The summed E-state index contributed by atoms with van der Waals surface area (Å²) >= 11 is 0. The second kappa shape index (κ2) is 4.81. The maximum atomic E-state index is 12.3. The Morgan fingerprint density at radius 3 is 2.65 bits per heavy atom. The van der Waals surface area contributed by atoms with Crippen LogP contribution in [0.2, 0.25) is 0 Å². The van der Waals surface area contributed by atoms with E-state index in [9.17, 15) is 14.7 Å². The van der Waals surface area contributed by atoms with Gasteiger partial charge in [-0.1, -0.05) is 12.2 Å². The molecule has 3 rings (SSSR count). The predicted octanol–water partition coefficient (Wildman–Crippen LogP) is 1.16. The van der Waals surface area contributed by atoms with E-state index in [1.807, 2.05) is 42.1 Å². The van der Waals surface area contributed by atoms with Crippen LogP contribution in [0.25, 0.3) is 0 Å². The molecule has 5 nitrogen and oxygen atoms in total. The van der Waals surface area contributed by atoms with Crippen LogP contribution >= 0.6 is 0 Å². The minimum absolute atomic E-state index is 0.0169. The molecular weight excluding hydrogens is 256 g/mol. The molecule has 106 valence electrons. The van der Waals surface area contributed by atoms with E-state index < -0.39 is 17.8 Å². The third-order valence-electron chi connectivity index (χ3n) is 4.54. The van der Waals surface area contributed by atoms with Crippen LogP contribution < -0.4 is 5.32 Å². The quantitative estimate of drug-likeness (QED) is 0.809. The Hall–Kier alpha value is -2.04. The zero-order valence-electron chi connectivity index (χ0n) is 11.3. The van der Waals surface area contributed by atoms with Crippen molar-refractivity contribution in [1.29, 1.82) is 0 Å². The Kier molecular flexibility index (Phi) is 3.12. The minimum atomic E-state index is -0.860. The normalized spacial score (nSPS) is 30.6. The standard InChI is InChI=1S/C15H18N2O3/c1-17-6-2-3-11(17)8-16-14(18)12-9-4-5-10(7-9)13(12)15(19)20/h2-6,9-10,12-13H,7-8H2,1H3,(H,16,18)(H,19,20)/t9?,10?,12-,13+/m0/s1. The van der Waals surface area contributed by atoms with E-state index in [-0.39, 0.29) is 17.7 Å². The van der Waals surface area contributed by atoms with Crippen molar-refractivity contribution in [2.45, 2.75) is 13.0 Å². The van der Waals surface area contributed by atoms with Crippen LogP contribution in [0.5, 0.6) is 0 Å². The average molecular weight is 274 g/mol. The molecule has 1 fully saturated rings. The molecule has 1 heterocycles. The lowest BCUT2D eigenvalue weighted by Gasteiger charge is -2.23. The fourth-order valence-electron chi connectivity index (χ4n) is 3.49. The number of nitrogens with one attached hydrogen (secondary N) is 1. The maximum absolute atomic E-state index is 12.3. The highest BCUT2D eigenvalue weighted by Crippen LogP contribution is 2.48. The van der Waals surface area contributed by atoms with Gasteiger partial charge in [0.05, 0.1) is 18.4 Å². The molecule has 1 aromatic rings. The van der Waals surface area contributed by atoms with Crippen LogP contribution in [0.3, 0.4) is 0 Å². The number of nitrogens with zero attached hydrogens (tertiary/aromatic N) is 1. The zero-order chi connectivity index (χ0) is 14.3. The number of hydrogen-bond donors (Lipinski definition) is 2. The lowest BCUT2D eigenvalue weighted by Crippen LogP contribution is -2.40. The van der Waals surface area contributed by atoms with Crippen LogP contribution in [-0.2, 0) is 23.2 Å². The second-order valence-corrected chi connectivity index (χ2v) is 5.67. The predicted molar refractivity (Wildman–Crippen MR) is 72.6 cm³/mol. The molecule has 5 heteroatoms. The molecule has 0 spiro atoms. The van der Waals surface area contributed by atoms with Gasteiger partial charge >= 0.3 is 5.97 Å². The lowest BCUT2D eigenvalue weighted by atomic mass is 9.82. The first kappa shape index (κ1) is 13.0. The van der Waals surface area contributed by atoms with Crippen LogP contribution in [0, 0.1) is 23.7 Å². The van der Waals surface area contributed by atoms with E-state index in [1.165, 1.54) is 0 Å². The molecule has 0 aliphatic heterocycles. The van der Waals surface area contributed by atoms with Crippen LogP contribution in [0.15, 0.2) is 30.5 Å². The van der Waals surface area contributed by atoms with E-state index in [0.717, 1.165) is 12.1 Å². The van der Waals surface area contributed by atoms with Gasteiger partial charge in [0, 0.05) is 18.9 Å². The minimum Gasteiger partial charge on any atom is -0.481 e. The van der Waals surface area contributed by atoms with Crippen molar-refractivity contribution in [2.75, 3.05) is 0 Å². The highest BCUT2D eigenvalue weighted by Gasteiger charge is 2.51. The summed E-state index contributed by atoms with van der Waals surface area (Å²) in [6.07, 6.45) is 6.66. The van der Waals surface area contributed by atoms with Gasteiger partial charge in [0.2, 0.25) is 5.91 Å². The number of carbonyl (C=O) groups is 2. The van der Waals surface area contributed by atoms with Gasteiger partial charge in [-0.2, -0.15) is 0 Å². The SMILES string of the molecule is Cn1cccc1CNC(=O)[C@H]1C2C=CC(C2)[C@H]1C(=O)O. The fraction of sp³-hybridized carbons (Fsp3) is 0.467. The molecule has 4 atom stereocenters. The van der Waals surface area contributed by atoms with Crippen LogP contribution in [0.4, 0.5) is 0 Å². The molecule has 2 aliphatic carbocycles. The number of carboxylic acid groups (broad SMARTS) is 1. The number of carbonyl (C=O) groups excluding carboxylic acids is 1. The maximum Gasteiger partial charge on any atom is 0.307 e. The van der Waals surface area contributed by atoms with Gasteiger partial charge < -0.3 is 15.0 Å². The van der Waals surface area contributed by atoms with Gasteiger partial charge in [-0.3, -0.25) is 9.59 Å². The Balaban J connectivity index is 1.69. The van der Waals surface area contributed by atoms with Crippen molar-refractivity contribution < 1.29 is 14.7 Å². The summed E-state index contributed by atoms with van der Waals surface area (Å²) in [6, 6.07) is 3.86. The first-order valence-corrected chi connectivity index (χ1v) is 6.87. The molecule has 0 saturated heterocycles. The summed E-state index contributed by atoms with van der Waals surface area (Å²) in [6.45, 7) is 0.437. The van der Waals surface area contributed by atoms with E-state index in [4.69, 9.17) is 0 Å². The Labute approximate surface area is 117 Å². The molecule has 20 heavy (non-hydrogen) atoms. The van der Waals surface area contributed by atoms with Crippen molar-refractivity contribution in [2.24, 2.45) is 30.7 Å². The van der Waals surface area contributed by atoms with E-state index in [2.05, 4.69) is 5.32 Å². The summed E-state index contributed by atoms with van der Waals surface area (Å²) in [4.78, 5) is 23.7. The van der Waals surface area contributed by atoms with Crippen molar-refractivity contribution in [3.8, 4) is 0 Å². The number of allylic oxidation sites excluding steroid dienone is 2. The number of carboxylic acids is 1. The van der Waals surface area contributed by atoms with Crippen molar-refractivity contribution in [1.82, 2.24) is 9.88 Å². The van der Waals surface area contributed by atoms with Crippen molar-refractivity contribution in [3.05, 3.63) is 36.2 Å². The Morgan fingerprint density at radius 1 is 1.35 bits per heavy atom. The van der Waals surface area contributed by atoms with Gasteiger partial charge in [0.25, 0.3) is 0 Å². The summed E-state index contributed by atoms with van der Waals surface area (Å²) in [5, 5.41) is 12.2. The molecular formula is C15H18N2O3. The monoisotopic (exact) mass is 274 g/mol. The number of aromatic nitrogens is 1. The molecule has 0 radical (unpaired) electrons. The molecule has 0 aromatic carbocycles. The largest absolute Gasteiger partial charge is 0.481 e. The molecule has 2 unspecified atom stereocenters. The van der Waals surface area contributed by atoms with Gasteiger partial charge in [-0.25, -0.2) is 0 Å². The first-order chi connectivity index (χ1) is 9.58. The molecule has 1 aromatic heterocycles. The number of aliphatic carboxylic acids is 1. The van der Waals surface area contributed by atoms with E-state index in [0.29, 0.717) is 6.54 Å². The Morgan fingerprint density at radius 2 is 2.05 bits per heavy atom. The smallest absolute Gasteiger partial charge is 0.307 e. The second-order valence-electron chi connectivity index (χ2n) is 5.67. The summed E-state index contributed by atoms with van der Waals surface area (Å²) in [5.74, 6) is -1.91. The van der Waals surface area contributed by atoms with Gasteiger partial charge in [-0.05, 0) is 30.4 Å². The van der Waals surface area contributed by atoms with Crippen LogP contribution in [0.1, 0.15) is 12.1 Å². The average Bonchev–Trinajstić information content (AvgIpc) is 3.10. The lowest BCUT2D eigenvalue weighted by molar-refractivity contribution is -0.147. The molecule has 2 bridgehead atoms. The molecule has 2 N–H and O–H groups in total. The highest BCUT2D eigenvalue weighted by molar-refractivity contribution is 5.86. The Bertz CT molecular complexity index is 575. The van der Waals surface area contributed by atoms with Gasteiger partial charge in [-0.15, -0.1) is 0 Å². The molecule has 1 saturated carbocycles. The summed E-state index contributed by atoms with van der Waals surface area (Å²) in [7, 11) is 1.92. The highest BCUT2D eigenvalue weighted by atomic mass is 16.4. The third-order valence-corrected chi connectivity index (χ3v) is 4.54.